The predicted octanol–water partition coefficient (Wildman–Crippen LogP) is 4.58. The van der Waals surface area contributed by atoms with Gasteiger partial charge in [-0.15, -0.1) is 0 Å². The highest BCUT2D eigenvalue weighted by Crippen LogP contribution is 2.36. The molecular formula is C27H22N4O. The number of benzene rings is 4. The molecule has 0 atom stereocenters. The summed E-state index contributed by atoms with van der Waals surface area (Å²) in [4.78, 5) is 12.8. The van der Waals surface area contributed by atoms with Crippen LogP contribution in [0, 0.1) is 0 Å². The molecule has 5 nitrogen and oxygen atoms in total. The molecule has 32 heavy (non-hydrogen) atoms. The van der Waals surface area contributed by atoms with E-state index in [1.165, 1.54) is 5.39 Å². The molecule has 5 heteroatoms. The van der Waals surface area contributed by atoms with Crippen LogP contribution in [0.5, 0.6) is 0 Å². The van der Waals surface area contributed by atoms with E-state index < -0.39 is 5.54 Å². The highest BCUT2D eigenvalue weighted by molar-refractivity contribution is 6.39. The van der Waals surface area contributed by atoms with Gasteiger partial charge in [0.25, 0.3) is 5.91 Å². The molecule has 0 fully saturated rings. The molecule has 0 bridgehead atoms. The summed E-state index contributed by atoms with van der Waals surface area (Å²) in [6.07, 6.45) is 2.08. The Labute approximate surface area is 186 Å². The standard InChI is InChI=1S/C27H22N4O/c32-26(30-28-19-20-15-16-21-9-7-8-10-22(21)17-20)25-18-27(31-29-25,23-11-3-1-4-12-23)24-13-5-2-6-14-24/h1-17,19,31H,18H2,(H,30,32)/b28-19-. The first-order valence-corrected chi connectivity index (χ1v) is 10.5. The van der Waals surface area contributed by atoms with Crippen LogP contribution in [-0.2, 0) is 10.3 Å². The lowest BCUT2D eigenvalue weighted by molar-refractivity contribution is -0.114. The molecule has 1 aliphatic rings. The molecule has 0 radical (unpaired) electrons. The third kappa shape index (κ3) is 3.76. The fourth-order valence-electron chi connectivity index (χ4n) is 4.09. The molecule has 4 aromatic rings. The molecule has 1 aliphatic heterocycles. The molecule has 0 spiro atoms. The molecule has 0 aliphatic carbocycles. The molecule has 156 valence electrons. The first-order chi connectivity index (χ1) is 15.7. The van der Waals surface area contributed by atoms with E-state index in [4.69, 9.17) is 0 Å². The van der Waals surface area contributed by atoms with Crippen molar-refractivity contribution >= 4 is 28.6 Å². The Morgan fingerprint density at radius 2 is 1.47 bits per heavy atom. The minimum atomic E-state index is -0.586. The third-order valence-corrected chi connectivity index (χ3v) is 5.76. The lowest BCUT2D eigenvalue weighted by atomic mass is 9.80. The van der Waals surface area contributed by atoms with E-state index in [9.17, 15) is 4.79 Å². The second-order valence-electron chi connectivity index (χ2n) is 7.79. The summed E-state index contributed by atoms with van der Waals surface area (Å²) >= 11 is 0. The van der Waals surface area contributed by atoms with E-state index in [0.29, 0.717) is 12.1 Å². The van der Waals surface area contributed by atoms with Crippen molar-refractivity contribution in [1.82, 2.24) is 10.9 Å². The Morgan fingerprint density at radius 3 is 2.16 bits per heavy atom. The first-order valence-electron chi connectivity index (χ1n) is 10.5. The summed E-state index contributed by atoms with van der Waals surface area (Å²) in [5, 5.41) is 10.8. The number of fused-ring (bicyclic) bond motifs is 1. The third-order valence-electron chi connectivity index (χ3n) is 5.76. The summed E-state index contributed by atoms with van der Waals surface area (Å²) in [6, 6.07) is 34.3. The average molecular weight is 419 g/mol. The number of hydrazone groups is 2. The van der Waals surface area contributed by atoms with Gasteiger partial charge in [-0.25, -0.2) is 5.43 Å². The zero-order chi connectivity index (χ0) is 21.8. The maximum atomic E-state index is 12.8. The second-order valence-corrected chi connectivity index (χ2v) is 7.79. The molecule has 0 aromatic heterocycles. The van der Waals surface area contributed by atoms with Crippen LogP contribution >= 0.6 is 0 Å². The number of carbonyl (C=O) groups excluding carboxylic acids is 1. The maximum Gasteiger partial charge on any atom is 0.287 e. The van der Waals surface area contributed by atoms with Crippen molar-refractivity contribution in [1.29, 1.82) is 0 Å². The van der Waals surface area contributed by atoms with Gasteiger partial charge in [-0.3, -0.25) is 10.2 Å². The van der Waals surface area contributed by atoms with Crippen LogP contribution in [-0.4, -0.2) is 17.8 Å². The molecular weight excluding hydrogens is 396 g/mol. The molecule has 0 saturated heterocycles. The molecule has 0 unspecified atom stereocenters. The van der Waals surface area contributed by atoms with Crippen molar-refractivity contribution in [2.75, 3.05) is 0 Å². The fraction of sp³-hybridized carbons (Fsp3) is 0.0741. The van der Waals surface area contributed by atoms with Crippen molar-refractivity contribution in [3.63, 3.8) is 0 Å². The Balaban J connectivity index is 1.33. The Kier molecular flexibility index (Phi) is 5.22. The lowest BCUT2D eigenvalue weighted by Gasteiger charge is -2.30. The van der Waals surface area contributed by atoms with E-state index in [2.05, 4.69) is 33.2 Å². The number of amides is 1. The van der Waals surface area contributed by atoms with Crippen LogP contribution in [0.2, 0.25) is 0 Å². The van der Waals surface area contributed by atoms with Crippen LogP contribution in [0.3, 0.4) is 0 Å². The summed E-state index contributed by atoms with van der Waals surface area (Å²) in [5.41, 5.74) is 8.70. The number of rotatable bonds is 5. The van der Waals surface area contributed by atoms with E-state index in [1.54, 1.807) is 6.21 Å². The zero-order valence-electron chi connectivity index (χ0n) is 17.4. The zero-order valence-corrected chi connectivity index (χ0v) is 17.4. The van der Waals surface area contributed by atoms with Crippen LogP contribution in [0.4, 0.5) is 0 Å². The van der Waals surface area contributed by atoms with Gasteiger partial charge in [0.05, 0.1) is 6.21 Å². The van der Waals surface area contributed by atoms with E-state index in [1.807, 2.05) is 91.0 Å². The van der Waals surface area contributed by atoms with E-state index >= 15 is 0 Å². The van der Waals surface area contributed by atoms with Gasteiger partial charge in [0.2, 0.25) is 0 Å². The Morgan fingerprint density at radius 1 is 0.844 bits per heavy atom. The molecule has 0 saturated carbocycles. The highest BCUT2D eigenvalue weighted by atomic mass is 16.2. The quantitative estimate of drug-likeness (QED) is 0.368. The first kappa shape index (κ1) is 19.7. The minimum Gasteiger partial charge on any atom is -0.294 e. The Hall–Kier alpha value is -4.25. The van der Waals surface area contributed by atoms with Crippen LogP contribution in [0.1, 0.15) is 23.1 Å². The van der Waals surface area contributed by atoms with Crippen molar-refractivity contribution < 1.29 is 4.79 Å². The largest absolute Gasteiger partial charge is 0.294 e. The minimum absolute atomic E-state index is 0.316. The number of hydrogen-bond acceptors (Lipinski definition) is 4. The van der Waals surface area contributed by atoms with Gasteiger partial charge in [0, 0.05) is 6.42 Å². The fourth-order valence-corrected chi connectivity index (χ4v) is 4.09. The van der Waals surface area contributed by atoms with Gasteiger partial charge < -0.3 is 0 Å². The van der Waals surface area contributed by atoms with Crippen LogP contribution in [0.25, 0.3) is 10.8 Å². The van der Waals surface area contributed by atoms with Gasteiger partial charge in [0.15, 0.2) is 0 Å². The number of nitrogens with zero attached hydrogens (tertiary/aromatic N) is 2. The van der Waals surface area contributed by atoms with Crippen LogP contribution < -0.4 is 10.9 Å². The van der Waals surface area contributed by atoms with Gasteiger partial charge >= 0.3 is 0 Å². The van der Waals surface area contributed by atoms with Crippen molar-refractivity contribution in [2.24, 2.45) is 10.2 Å². The van der Waals surface area contributed by atoms with E-state index in [-0.39, 0.29) is 5.91 Å². The summed E-state index contributed by atoms with van der Waals surface area (Å²) in [7, 11) is 0. The van der Waals surface area contributed by atoms with Gasteiger partial charge in [-0.05, 0) is 33.5 Å². The van der Waals surface area contributed by atoms with E-state index in [0.717, 1.165) is 22.1 Å². The topological polar surface area (TPSA) is 65.8 Å². The second kappa shape index (κ2) is 8.47. The summed E-state index contributed by atoms with van der Waals surface area (Å²) < 4.78 is 0. The number of hydrogen-bond donors (Lipinski definition) is 2. The maximum absolute atomic E-state index is 12.8. The molecule has 2 N–H and O–H groups in total. The molecule has 1 heterocycles. The molecule has 4 aromatic carbocycles. The van der Waals surface area contributed by atoms with Gasteiger partial charge in [-0.2, -0.15) is 10.2 Å². The predicted molar refractivity (Wildman–Crippen MR) is 129 cm³/mol. The van der Waals surface area contributed by atoms with Crippen LogP contribution in [0.15, 0.2) is 113 Å². The van der Waals surface area contributed by atoms with Gasteiger partial charge in [0.1, 0.15) is 11.3 Å². The van der Waals surface area contributed by atoms with Crippen molar-refractivity contribution in [2.45, 2.75) is 12.0 Å². The summed E-state index contributed by atoms with van der Waals surface area (Å²) in [5.74, 6) is -0.316. The van der Waals surface area contributed by atoms with Gasteiger partial charge in [-0.1, -0.05) is 97.1 Å². The molecule has 5 rings (SSSR count). The number of carbonyl (C=O) groups is 1. The average Bonchev–Trinajstić information content (AvgIpc) is 3.32. The normalized spacial score (nSPS) is 14.8. The summed E-state index contributed by atoms with van der Waals surface area (Å²) in [6.45, 7) is 0. The highest BCUT2D eigenvalue weighted by Gasteiger charge is 2.41. The monoisotopic (exact) mass is 418 g/mol. The van der Waals surface area contributed by atoms with Crippen molar-refractivity contribution in [3.8, 4) is 0 Å². The molecule has 1 amide bonds. The smallest absolute Gasteiger partial charge is 0.287 e. The SMILES string of the molecule is O=C(N/N=C\c1ccc2ccccc2c1)C1=NNC(c2ccccc2)(c2ccccc2)C1. The Bertz CT molecular complexity index is 1270. The van der Waals surface area contributed by atoms with Crippen molar-refractivity contribution in [3.05, 3.63) is 120 Å². The lowest BCUT2D eigenvalue weighted by Crippen LogP contribution is -2.38. The number of nitrogens with one attached hydrogen (secondary N) is 2.